The monoisotopic (exact) mass is 450 g/mol. The number of aromatic nitrogens is 2. The van der Waals surface area contributed by atoms with Gasteiger partial charge in [-0.25, -0.2) is 9.48 Å². The summed E-state index contributed by atoms with van der Waals surface area (Å²) in [7, 11) is 1.51. The van der Waals surface area contributed by atoms with E-state index in [9.17, 15) is 14.7 Å². The topological polar surface area (TPSA) is 115 Å². The molecule has 0 bridgehead atoms. The van der Waals surface area contributed by atoms with Gasteiger partial charge in [-0.1, -0.05) is 24.3 Å². The molecular formula is C24H26N4O5. The van der Waals surface area contributed by atoms with E-state index >= 15 is 0 Å². The number of rotatable bonds is 7. The molecule has 4 rings (SSSR count). The second-order valence-electron chi connectivity index (χ2n) is 7.76. The quantitative estimate of drug-likeness (QED) is 0.497. The Kier molecular flexibility index (Phi) is 6.89. The van der Waals surface area contributed by atoms with Crippen LogP contribution < -0.4 is 15.4 Å². The number of benzene rings is 2. The molecule has 3 N–H and O–H groups in total. The van der Waals surface area contributed by atoms with Gasteiger partial charge in [-0.2, -0.15) is 5.10 Å². The number of ether oxygens (including phenoxy) is 2. The molecule has 172 valence electrons. The highest BCUT2D eigenvalue weighted by Crippen LogP contribution is 2.27. The van der Waals surface area contributed by atoms with Crippen molar-refractivity contribution < 1.29 is 24.2 Å². The van der Waals surface area contributed by atoms with Gasteiger partial charge in [0.25, 0.3) is 5.91 Å². The predicted molar refractivity (Wildman–Crippen MR) is 122 cm³/mol. The van der Waals surface area contributed by atoms with Crippen LogP contribution in [0.15, 0.2) is 60.9 Å². The SMILES string of the molecule is COc1cccc(C(NC(=O)O)C(=O)Nc2ccc(-c3cnn(C4CCCCO4)c3)cc2)c1. The number of carbonyl (C=O) groups is 2. The Balaban J connectivity index is 1.46. The molecule has 0 radical (unpaired) electrons. The summed E-state index contributed by atoms with van der Waals surface area (Å²) in [6, 6.07) is 12.9. The lowest BCUT2D eigenvalue weighted by molar-refractivity contribution is -0.118. The molecule has 0 spiro atoms. The summed E-state index contributed by atoms with van der Waals surface area (Å²) in [5, 5.41) is 18.7. The fourth-order valence-electron chi connectivity index (χ4n) is 3.78. The average molecular weight is 450 g/mol. The molecular weight excluding hydrogens is 424 g/mol. The molecule has 0 saturated carbocycles. The lowest BCUT2D eigenvalue weighted by Gasteiger charge is -2.22. The molecule has 2 aromatic carbocycles. The first-order valence-corrected chi connectivity index (χ1v) is 10.7. The van der Waals surface area contributed by atoms with Crippen LogP contribution >= 0.6 is 0 Å². The summed E-state index contributed by atoms with van der Waals surface area (Å²) in [6.45, 7) is 0.752. The normalized spacial score (nSPS) is 16.6. The maximum atomic E-state index is 12.9. The Bertz CT molecular complexity index is 1110. The zero-order chi connectivity index (χ0) is 23.2. The van der Waals surface area contributed by atoms with Crippen LogP contribution in [0.25, 0.3) is 11.1 Å². The largest absolute Gasteiger partial charge is 0.497 e. The summed E-state index contributed by atoms with van der Waals surface area (Å²) in [5.74, 6) is 0.0293. The third kappa shape index (κ3) is 5.50. The molecule has 2 unspecified atom stereocenters. The number of hydrogen-bond donors (Lipinski definition) is 3. The molecule has 3 aromatic rings. The highest BCUT2D eigenvalue weighted by Gasteiger charge is 2.23. The van der Waals surface area contributed by atoms with Crippen molar-refractivity contribution in [2.75, 3.05) is 19.0 Å². The van der Waals surface area contributed by atoms with Crippen molar-refractivity contribution in [3.8, 4) is 16.9 Å². The molecule has 2 atom stereocenters. The lowest BCUT2D eigenvalue weighted by atomic mass is 10.1. The van der Waals surface area contributed by atoms with E-state index in [-0.39, 0.29) is 6.23 Å². The Morgan fingerprint density at radius 2 is 2.00 bits per heavy atom. The summed E-state index contributed by atoms with van der Waals surface area (Å²) in [5.41, 5.74) is 2.92. The van der Waals surface area contributed by atoms with E-state index in [4.69, 9.17) is 9.47 Å². The van der Waals surface area contributed by atoms with Gasteiger partial charge in [-0.05, 0) is 54.7 Å². The zero-order valence-electron chi connectivity index (χ0n) is 18.2. The predicted octanol–water partition coefficient (Wildman–Crippen LogP) is 4.21. The van der Waals surface area contributed by atoms with Gasteiger partial charge in [-0.3, -0.25) is 4.79 Å². The number of carboxylic acid groups (broad SMARTS) is 1. The summed E-state index contributed by atoms with van der Waals surface area (Å²) < 4.78 is 12.8. The standard InChI is InChI=1S/C24H26N4O5/c1-32-20-6-4-5-17(13-20)22(27-24(30)31)23(29)26-19-10-8-16(9-11-19)18-14-25-28(15-18)21-7-2-3-12-33-21/h4-6,8-11,13-15,21-22,27H,2-3,7,12H2,1H3,(H,26,29)(H,30,31). The fourth-order valence-corrected chi connectivity index (χ4v) is 3.78. The zero-order valence-corrected chi connectivity index (χ0v) is 18.2. The molecule has 9 heteroatoms. The maximum absolute atomic E-state index is 12.9. The third-order valence-corrected chi connectivity index (χ3v) is 5.50. The first kappa shape index (κ1) is 22.3. The summed E-state index contributed by atoms with van der Waals surface area (Å²) in [4.78, 5) is 24.1. The molecule has 33 heavy (non-hydrogen) atoms. The van der Waals surface area contributed by atoms with Gasteiger partial charge in [0.1, 0.15) is 18.0 Å². The smallest absolute Gasteiger partial charge is 0.405 e. The molecule has 0 aliphatic carbocycles. The summed E-state index contributed by atoms with van der Waals surface area (Å²) in [6.07, 6.45) is 5.58. The Morgan fingerprint density at radius 1 is 1.18 bits per heavy atom. The van der Waals surface area contributed by atoms with E-state index in [1.54, 1.807) is 42.6 Å². The van der Waals surface area contributed by atoms with Gasteiger partial charge in [0.15, 0.2) is 0 Å². The van der Waals surface area contributed by atoms with Gasteiger partial charge in [0.2, 0.25) is 0 Å². The molecule has 1 aliphatic rings. The van der Waals surface area contributed by atoms with Crippen LogP contribution in [-0.2, 0) is 9.53 Å². The van der Waals surface area contributed by atoms with Crippen LogP contribution in [0.3, 0.4) is 0 Å². The molecule has 2 heterocycles. The van der Waals surface area contributed by atoms with E-state index in [0.717, 1.165) is 37.0 Å². The van der Waals surface area contributed by atoms with Crippen LogP contribution in [0.2, 0.25) is 0 Å². The minimum Gasteiger partial charge on any atom is -0.497 e. The first-order valence-electron chi connectivity index (χ1n) is 10.7. The number of anilines is 1. The van der Waals surface area contributed by atoms with Crippen molar-refractivity contribution >= 4 is 17.7 Å². The van der Waals surface area contributed by atoms with Gasteiger partial charge >= 0.3 is 6.09 Å². The lowest BCUT2D eigenvalue weighted by Crippen LogP contribution is -2.36. The van der Waals surface area contributed by atoms with E-state index in [1.165, 1.54) is 7.11 Å². The number of hydrogen-bond acceptors (Lipinski definition) is 5. The van der Waals surface area contributed by atoms with Crippen LogP contribution in [0.1, 0.15) is 37.1 Å². The fraction of sp³-hybridized carbons (Fsp3) is 0.292. The number of nitrogens with zero attached hydrogens (tertiary/aromatic N) is 2. The summed E-state index contributed by atoms with van der Waals surface area (Å²) >= 11 is 0. The maximum Gasteiger partial charge on any atom is 0.405 e. The van der Waals surface area contributed by atoms with Crippen molar-refractivity contribution in [2.45, 2.75) is 31.5 Å². The van der Waals surface area contributed by atoms with E-state index in [2.05, 4.69) is 15.7 Å². The van der Waals surface area contributed by atoms with Crippen LogP contribution in [0, 0.1) is 0 Å². The molecule has 1 aromatic heterocycles. The molecule has 1 fully saturated rings. The number of amides is 2. The highest BCUT2D eigenvalue weighted by molar-refractivity contribution is 5.97. The molecule has 1 saturated heterocycles. The number of carbonyl (C=O) groups excluding carboxylic acids is 1. The van der Waals surface area contributed by atoms with Crippen molar-refractivity contribution in [2.24, 2.45) is 0 Å². The third-order valence-electron chi connectivity index (χ3n) is 5.50. The molecule has 2 amide bonds. The van der Waals surface area contributed by atoms with Crippen LogP contribution in [0.5, 0.6) is 5.75 Å². The van der Waals surface area contributed by atoms with E-state index in [1.807, 2.05) is 23.0 Å². The molecule has 1 aliphatic heterocycles. The highest BCUT2D eigenvalue weighted by atomic mass is 16.5. The minimum absolute atomic E-state index is 0.0265. The second-order valence-corrected chi connectivity index (χ2v) is 7.76. The van der Waals surface area contributed by atoms with Gasteiger partial charge in [0.05, 0.1) is 13.3 Å². The number of methoxy groups -OCH3 is 1. The van der Waals surface area contributed by atoms with Crippen molar-refractivity contribution in [1.29, 1.82) is 0 Å². The van der Waals surface area contributed by atoms with Crippen molar-refractivity contribution in [3.63, 3.8) is 0 Å². The Hall–Kier alpha value is -3.85. The van der Waals surface area contributed by atoms with E-state index < -0.39 is 18.0 Å². The van der Waals surface area contributed by atoms with E-state index in [0.29, 0.717) is 17.0 Å². The average Bonchev–Trinajstić information content (AvgIpc) is 3.34. The molecule has 9 nitrogen and oxygen atoms in total. The Morgan fingerprint density at radius 3 is 2.70 bits per heavy atom. The van der Waals surface area contributed by atoms with Gasteiger partial charge < -0.3 is 25.2 Å². The minimum atomic E-state index is -1.30. The second kappa shape index (κ2) is 10.2. The Labute approximate surface area is 191 Å². The van der Waals surface area contributed by atoms with Crippen LogP contribution in [0.4, 0.5) is 10.5 Å². The van der Waals surface area contributed by atoms with Crippen molar-refractivity contribution in [3.05, 3.63) is 66.5 Å². The van der Waals surface area contributed by atoms with Crippen molar-refractivity contribution in [1.82, 2.24) is 15.1 Å². The van der Waals surface area contributed by atoms with Gasteiger partial charge in [0, 0.05) is 24.1 Å². The van der Waals surface area contributed by atoms with Gasteiger partial charge in [-0.15, -0.1) is 0 Å². The first-order chi connectivity index (χ1) is 16.0. The number of nitrogens with one attached hydrogen (secondary N) is 2. The van der Waals surface area contributed by atoms with Crippen LogP contribution in [-0.4, -0.2) is 40.6 Å².